The molecular formula is C26H46N4O5S3. The number of aromatic nitrogens is 4. The summed E-state index contributed by atoms with van der Waals surface area (Å²) in [5, 5.41) is 10.7. The average Bonchev–Trinajstić information content (AvgIpc) is 3.30. The average molecular weight is 591 g/mol. The normalized spacial score (nSPS) is 14.2. The van der Waals surface area contributed by atoms with E-state index in [2.05, 4.69) is 40.3 Å². The van der Waals surface area contributed by atoms with Gasteiger partial charge in [-0.1, -0.05) is 27.7 Å². The molecule has 1 N–H and O–H groups in total. The van der Waals surface area contributed by atoms with E-state index in [0.29, 0.717) is 60.6 Å². The summed E-state index contributed by atoms with van der Waals surface area (Å²) in [7, 11) is -2.11. The molecule has 0 radical (unpaired) electrons. The van der Waals surface area contributed by atoms with Crippen LogP contribution in [0.4, 0.5) is 0 Å². The largest absolute Gasteiger partial charge is 0.493 e. The lowest BCUT2D eigenvalue weighted by atomic mass is 9.86. The Hall–Kier alpha value is -1.53. The minimum absolute atomic E-state index is 0.0298. The van der Waals surface area contributed by atoms with Gasteiger partial charge in [-0.25, -0.2) is 9.59 Å². The third-order valence-corrected chi connectivity index (χ3v) is 10.6. The molecule has 0 bridgehead atoms. The van der Waals surface area contributed by atoms with Crippen LogP contribution in [0.2, 0.25) is 0 Å². The summed E-state index contributed by atoms with van der Waals surface area (Å²) >= 11 is 4.42. The van der Waals surface area contributed by atoms with Crippen LogP contribution in [0.15, 0.2) is 27.0 Å². The van der Waals surface area contributed by atoms with Gasteiger partial charge in [0, 0.05) is 77.0 Å². The van der Waals surface area contributed by atoms with E-state index in [-0.39, 0.29) is 28.1 Å². The van der Waals surface area contributed by atoms with Crippen LogP contribution in [0.3, 0.4) is 0 Å². The molecule has 0 saturated heterocycles. The molecule has 0 fully saturated rings. The maximum Gasteiger partial charge on any atom is 0.331 e. The van der Waals surface area contributed by atoms with E-state index in [1.165, 1.54) is 15.3 Å². The molecule has 0 saturated carbocycles. The van der Waals surface area contributed by atoms with Crippen molar-refractivity contribution in [2.75, 3.05) is 23.0 Å². The van der Waals surface area contributed by atoms with E-state index in [4.69, 9.17) is 0 Å². The van der Waals surface area contributed by atoms with Gasteiger partial charge in [0.2, 0.25) is 5.88 Å². The van der Waals surface area contributed by atoms with Crippen LogP contribution in [0, 0.1) is 10.8 Å². The fourth-order valence-electron chi connectivity index (χ4n) is 4.16. The Kier molecular flexibility index (Phi) is 12.2. The SMILES string of the molecule is CCn1cc(O)n(CCC(C)(C)CCS(=O)CCS(=O)CCC(C)(C)CCn2c(S)cn(CC)c2=O)c1=O. The molecule has 0 aliphatic carbocycles. The molecule has 0 aliphatic heterocycles. The number of thiol groups is 1. The van der Waals surface area contributed by atoms with Gasteiger partial charge in [0.1, 0.15) is 0 Å². The molecule has 0 spiro atoms. The highest BCUT2D eigenvalue weighted by Crippen LogP contribution is 2.28. The molecule has 218 valence electrons. The van der Waals surface area contributed by atoms with Gasteiger partial charge in [-0.2, -0.15) is 0 Å². The van der Waals surface area contributed by atoms with E-state index in [9.17, 15) is 23.1 Å². The molecule has 2 heterocycles. The molecule has 0 aliphatic rings. The highest BCUT2D eigenvalue weighted by Gasteiger charge is 2.22. The first kappa shape index (κ1) is 32.7. The summed E-state index contributed by atoms with van der Waals surface area (Å²) in [4.78, 5) is 24.7. The first-order valence-electron chi connectivity index (χ1n) is 13.4. The van der Waals surface area contributed by atoms with Gasteiger partial charge in [-0.3, -0.25) is 26.7 Å². The Morgan fingerprint density at radius 3 is 1.58 bits per heavy atom. The topological polar surface area (TPSA) is 108 Å². The van der Waals surface area contributed by atoms with Gasteiger partial charge < -0.3 is 5.11 Å². The minimum atomic E-state index is -1.06. The predicted octanol–water partition coefficient (Wildman–Crippen LogP) is 3.46. The fourth-order valence-corrected chi connectivity index (χ4v) is 7.94. The molecule has 2 aromatic heterocycles. The van der Waals surface area contributed by atoms with Gasteiger partial charge in [0.15, 0.2) is 0 Å². The number of aromatic hydroxyl groups is 1. The highest BCUT2D eigenvalue weighted by molar-refractivity contribution is 7.88. The Bertz CT molecular complexity index is 1130. The van der Waals surface area contributed by atoms with Crippen molar-refractivity contribution < 1.29 is 13.5 Å². The summed E-state index contributed by atoms with van der Waals surface area (Å²) in [6.45, 7) is 14.3. The van der Waals surface area contributed by atoms with E-state index in [0.717, 1.165) is 19.3 Å². The van der Waals surface area contributed by atoms with Crippen molar-refractivity contribution >= 4 is 34.2 Å². The van der Waals surface area contributed by atoms with Gasteiger partial charge in [-0.15, -0.1) is 12.6 Å². The number of hydrogen-bond donors (Lipinski definition) is 2. The lowest BCUT2D eigenvalue weighted by Gasteiger charge is -2.25. The second-order valence-electron chi connectivity index (χ2n) is 11.4. The zero-order valence-electron chi connectivity index (χ0n) is 23.8. The van der Waals surface area contributed by atoms with Crippen molar-refractivity contribution in [3.63, 3.8) is 0 Å². The first-order valence-corrected chi connectivity index (χ1v) is 16.8. The standard InChI is InChI=1S/C26H46N4O5S3/c1-7-27-19-21(31)29(23(27)32)13-9-25(3,4)11-15-37(34)17-18-38(35)16-12-26(5,6)10-14-30-22(36)20-28(8-2)24(30)33/h19-20,31,36H,7-18H2,1-6H3. The van der Waals surface area contributed by atoms with Crippen LogP contribution in [0.1, 0.15) is 67.2 Å². The molecule has 0 aromatic carbocycles. The van der Waals surface area contributed by atoms with Crippen LogP contribution >= 0.6 is 12.6 Å². The van der Waals surface area contributed by atoms with Crippen molar-refractivity contribution in [2.45, 2.75) is 98.4 Å². The zero-order valence-corrected chi connectivity index (χ0v) is 26.3. The van der Waals surface area contributed by atoms with Crippen molar-refractivity contribution in [2.24, 2.45) is 10.8 Å². The number of aryl methyl sites for hydroxylation is 2. The summed E-state index contributed by atoms with van der Waals surface area (Å²) in [5.41, 5.74) is -0.496. The van der Waals surface area contributed by atoms with E-state index in [1.54, 1.807) is 15.3 Å². The van der Waals surface area contributed by atoms with Crippen molar-refractivity contribution in [3.8, 4) is 5.88 Å². The van der Waals surface area contributed by atoms with Crippen molar-refractivity contribution in [1.29, 1.82) is 0 Å². The number of hydrogen-bond acceptors (Lipinski definition) is 6. The Morgan fingerprint density at radius 2 is 1.16 bits per heavy atom. The fraction of sp³-hybridized carbons (Fsp3) is 0.769. The van der Waals surface area contributed by atoms with Gasteiger partial charge in [-0.05, 0) is 50.4 Å². The van der Waals surface area contributed by atoms with E-state index < -0.39 is 21.6 Å². The Labute approximate surface area is 237 Å². The number of rotatable bonds is 17. The van der Waals surface area contributed by atoms with Crippen LogP contribution in [-0.2, 0) is 47.8 Å². The molecule has 9 nitrogen and oxygen atoms in total. The molecule has 2 atom stereocenters. The van der Waals surface area contributed by atoms with Gasteiger partial charge in [0.05, 0.1) is 11.2 Å². The molecule has 12 heteroatoms. The lowest BCUT2D eigenvalue weighted by Crippen LogP contribution is -2.27. The third kappa shape index (κ3) is 9.59. The molecular weight excluding hydrogens is 545 g/mol. The van der Waals surface area contributed by atoms with Crippen LogP contribution in [0.25, 0.3) is 0 Å². The van der Waals surface area contributed by atoms with Crippen LogP contribution < -0.4 is 11.4 Å². The molecule has 2 rings (SSSR count). The molecule has 2 aromatic rings. The highest BCUT2D eigenvalue weighted by atomic mass is 32.2. The third-order valence-electron chi connectivity index (χ3n) is 7.31. The van der Waals surface area contributed by atoms with Crippen LogP contribution in [-0.4, -0.2) is 54.8 Å². The zero-order chi connectivity index (χ0) is 28.7. The summed E-state index contributed by atoms with van der Waals surface area (Å²) < 4.78 is 31.4. The molecule has 38 heavy (non-hydrogen) atoms. The predicted molar refractivity (Wildman–Crippen MR) is 159 cm³/mol. The van der Waals surface area contributed by atoms with Gasteiger partial charge >= 0.3 is 11.4 Å². The Balaban J connectivity index is 1.72. The van der Waals surface area contributed by atoms with Crippen molar-refractivity contribution in [1.82, 2.24) is 18.3 Å². The second-order valence-corrected chi connectivity index (χ2v) is 15.3. The van der Waals surface area contributed by atoms with E-state index in [1.807, 2.05) is 13.8 Å². The van der Waals surface area contributed by atoms with E-state index >= 15 is 0 Å². The second kappa shape index (κ2) is 14.2. The maximum atomic E-state index is 12.6. The summed E-state index contributed by atoms with van der Waals surface area (Å²) in [5.74, 6) is 1.86. The quantitative estimate of drug-likeness (QED) is 0.275. The van der Waals surface area contributed by atoms with Gasteiger partial charge in [0.25, 0.3) is 0 Å². The molecule has 2 unspecified atom stereocenters. The Morgan fingerprint density at radius 1 is 0.737 bits per heavy atom. The number of nitrogens with zero attached hydrogens (tertiary/aromatic N) is 4. The first-order chi connectivity index (χ1) is 17.7. The lowest BCUT2D eigenvalue weighted by molar-refractivity contribution is 0.291. The monoisotopic (exact) mass is 590 g/mol. The van der Waals surface area contributed by atoms with Crippen LogP contribution in [0.5, 0.6) is 5.88 Å². The smallest absolute Gasteiger partial charge is 0.331 e. The maximum absolute atomic E-state index is 12.6. The molecule has 0 amide bonds. The summed E-state index contributed by atoms with van der Waals surface area (Å²) in [6, 6.07) is 0. The minimum Gasteiger partial charge on any atom is -0.493 e. The summed E-state index contributed by atoms with van der Waals surface area (Å²) in [6.07, 6.45) is 6.14. The van der Waals surface area contributed by atoms with Crippen molar-refractivity contribution in [3.05, 3.63) is 33.4 Å². The number of imidazole rings is 2.